The Morgan fingerprint density at radius 2 is 1.93 bits per heavy atom. The number of ether oxygens (including phenoxy) is 1. The molecule has 1 aliphatic heterocycles. The Labute approximate surface area is 241 Å². The second-order valence-corrected chi connectivity index (χ2v) is 11.9. The highest BCUT2D eigenvalue weighted by molar-refractivity contribution is 7.09. The van der Waals surface area contributed by atoms with E-state index in [1.165, 1.54) is 10.3 Å². The summed E-state index contributed by atoms with van der Waals surface area (Å²) in [6.07, 6.45) is 3.02. The number of aromatic carboxylic acids is 1. The average molecular weight is 583 g/mol. The van der Waals surface area contributed by atoms with Crippen molar-refractivity contribution in [3.63, 3.8) is 0 Å². The van der Waals surface area contributed by atoms with Crippen molar-refractivity contribution < 1.29 is 34.1 Å². The summed E-state index contributed by atoms with van der Waals surface area (Å²) in [6, 6.07) is -1.76. The zero-order valence-electron chi connectivity index (χ0n) is 24.6. The number of piperidine rings is 1. The minimum absolute atomic E-state index is 0.0494. The van der Waals surface area contributed by atoms with Gasteiger partial charge in [-0.1, -0.05) is 47.5 Å². The summed E-state index contributed by atoms with van der Waals surface area (Å²) in [6.45, 7) is 9.98. The Balaban J connectivity index is 2.37. The molecular weight excluding hydrogens is 536 g/mol. The third kappa shape index (κ3) is 9.24. The van der Waals surface area contributed by atoms with E-state index in [1.54, 1.807) is 0 Å². The van der Waals surface area contributed by atoms with Gasteiger partial charge in [0.1, 0.15) is 17.2 Å². The molecule has 226 valence electrons. The van der Waals surface area contributed by atoms with Crippen molar-refractivity contribution in [1.82, 2.24) is 20.1 Å². The molecule has 0 saturated carbocycles. The average Bonchev–Trinajstić information content (AvgIpc) is 3.41. The molecule has 2 rings (SSSR count). The number of carbonyl (C=O) groups is 4. The summed E-state index contributed by atoms with van der Waals surface area (Å²) in [5.74, 6) is -2.59. The van der Waals surface area contributed by atoms with Crippen LogP contribution in [0.25, 0.3) is 0 Å². The predicted molar refractivity (Wildman–Crippen MR) is 152 cm³/mol. The largest absolute Gasteiger partial charge is 0.476 e. The highest BCUT2D eigenvalue weighted by Gasteiger charge is 2.38. The van der Waals surface area contributed by atoms with E-state index in [-0.39, 0.29) is 60.0 Å². The summed E-state index contributed by atoms with van der Waals surface area (Å²) in [5, 5.41) is 24.8. The van der Waals surface area contributed by atoms with E-state index in [9.17, 15) is 29.4 Å². The fraction of sp³-hybridized carbons (Fsp3) is 0.750. The van der Waals surface area contributed by atoms with Crippen molar-refractivity contribution >= 4 is 35.1 Å². The monoisotopic (exact) mass is 582 g/mol. The molecule has 2 heterocycles. The third-order valence-corrected chi connectivity index (χ3v) is 8.56. The maximum atomic E-state index is 14.2. The van der Waals surface area contributed by atoms with Gasteiger partial charge in [-0.05, 0) is 44.7 Å². The topological polar surface area (TPSA) is 149 Å². The molecule has 3 N–H and O–H groups in total. The number of aliphatic hydroxyl groups is 1. The number of aliphatic hydroxyl groups excluding tert-OH is 1. The zero-order valence-corrected chi connectivity index (χ0v) is 25.4. The van der Waals surface area contributed by atoms with E-state index < -0.39 is 30.1 Å². The van der Waals surface area contributed by atoms with E-state index in [2.05, 4.69) is 10.3 Å². The second kappa shape index (κ2) is 16.0. The van der Waals surface area contributed by atoms with Crippen LogP contribution in [-0.2, 0) is 19.1 Å². The Kier molecular flexibility index (Phi) is 13.5. The Morgan fingerprint density at radius 1 is 1.23 bits per heavy atom. The minimum atomic E-state index is -1.19. The Bertz CT molecular complexity index is 1000. The maximum Gasteiger partial charge on any atom is 0.355 e. The summed E-state index contributed by atoms with van der Waals surface area (Å²) >= 11 is 1.03. The lowest BCUT2D eigenvalue weighted by atomic mass is 9.92. The second-order valence-electron chi connectivity index (χ2n) is 11.0. The van der Waals surface area contributed by atoms with Crippen molar-refractivity contribution in [3.05, 3.63) is 16.1 Å². The van der Waals surface area contributed by atoms with E-state index in [4.69, 9.17) is 4.74 Å². The molecule has 0 spiro atoms. The van der Waals surface area contributed by atoms with Gasteiger partial charge in [-0.25, -0.2) is 9.78 Å². The quantitative estimate of drug-likeness (QED) is 0.209. The highest BCUT2D eigenvalue weighted by atomic mass is 32.1. The first-order valence-corrected chi connectivity index (χ1v) is 15.1. The van der Waals surface area contributed by atoms with E-state index in [0.29, 0.717) is 12.8 Å². The first-order chi connectivity index (χ1) is 18.9. The highest BCUT2D eigenvalue weighted by Crippen LogP contribution is 2.29. The number of likely N-dealkylation sites (N-methyl/N-ethyl adjacent to an activating group) is 1. The summed E-state index contributed by atoms with van der Waals surface area (Å²) in [7, 11) is 1.91. The molecule has 2 amide bonds. The van der Waals surface area contributed by atoms with Gasteiger partial charge in [0.05, 0.1) is 6.04 Å². The van der Waals surface area contributed by atoms with Crippen LogP contribution in [0.5, 0.6) is 0 Å². The number of carbonyl (C=O) groups excluding carboxylic acids is 3. The van der Waals surface area contributed by atoms with Gasteiger partial charge in [0, 0.05) is 24.3 Å². The van der Waals surface area contributed by atoms with Gasteiger partial charge >= 0.3 is 11.9 Å². The van der Waals surface area contributed by atoms with Crippen LogP contribution in [0.3, 0.4) is 0 Å². The lowest BCUT2D eigenvalue weighted by molar-refractivity contribution is -0.159. The molecule has 1 aromatic heterocycles. The van der Waals surface area contributed by atoms with Crippen LogP contribution in [0, 0.1) is 11.8 Å². The van der Waals surface area contributed by atoms with Gasteiger partial charge in [-0.3, -0.25) is 19.3 Å². The molecule has 5 atom stereocenters. The molecule has 0 bridgehead atoms. The third-order valence-electron chi connectivity index (χ3n) is 7.61. The Hall–Kier alpha value is -2.57. The number of likely N-dealkylation sites (tertiary alicyclic amines) is 1. The van der Waals surface area contributed by atoms with Crippen LogP contribution in [0.4, 0.5) is 0 Å². The number of nitrogens with one attached hydrogen (secondary N) is 1. The molecule has 1 aromatic rings. The molecule has 0 radical (unpaired) electrons. The van der Waals surface area contributed by atoms with E-state index in [0.717, 1.165) is 37.1 Å². The van der Waals surface area contributed by atoms with Crippen LogP contribution in [0.15, 0.2) is 5.38 Å². The van der Waals surface area contributed by atoms with Gasteiger partial charge in [-0.2, -0.15) is 0 Å². The van der Waals surface area contributed by atoms with Crippen molar-refractivity contribution in [2.24, 2.45) is 11.8 Å². The molecule has 1 fully saturated rings. The van der Waals surface area contributed by atoms with Gasteiger partial charge in [0.15, 0.2) is 12.4 Å². The molecular formula is C28H46N4O7S. The van der Waals surface area contributed by atoms with Crippen molar-refractivity contribution in [1.29, 1.82) is 0 Å². The smallest absolute Gasteiger partial charge is 0.355 e. The number of esters is 1. The summed E-state index contributed by atoms with van der Waals surface area (Å²) in [4.78, 5) is 58.6. The van der Waals surface area contributed by atoms with Crippen molar-refractivity contribution in [3.8, 4) is 0 Å². The number of aromatic nitrogens is 1. The van der Waals surface area contributed by atoms with E-state index >= 15 is 0 Å². The molecule has 11 nitrogen and oxygen atoms in total. The number of carboxylic acid groups (broad SMARTS) is 1. The van der Waals surface area contributed by atoms with Gasteiger partial charge in [-0.15, -0.1) is 11.3 Å². The molecule has 12 heteroatoms. The number of carboxylic acids is 1. The SMILES string of the molecule is CCCC(=O)OCN(C(=O)[C@@H](NC(=O)C1CCCCN1C)[C@@H](C)CC)[C@H](C[C@@H](O)c1nc(C(=O)O)cs1)C(C)C. The summed E-state index contributed by atoms with van der Waals surface area (Å²) < 4.78 is 5.49. The number of hydrogen-bond acceptors (Lipinski definition) is 9. The number of hydrogen-bond donors (Lipinski definition) is 3. The lowest BCUT2D eigenvalue weighted by Crippen LogP contribution is -2.59. The Morgan fingerprint density at radius 3 is 2.48 bits per heavy atom. The van der Waals surface area contributed by atoms with Crippen LogP contribution >= 0.6 is 11.3 Å². The van der Waals surface area contributed by atoms with Crippen LogP contribution in [0.1, 0.15) is 101 Å². The van der Waals surface area contributed by atoms with Crippen LogP contribution in [-0.4, -0.2) is 87.2 Å². The number of amides is 2. The van der Waals surface area contributed by atoms with Crippen LogP contribution in [0.2, 0.25) is 0 Å². The van der Waals surface area contributed by atoms with Crippen LogP contribution < -0.4 is 5.32 Å². The van der Waals surface area contributed by atoms with E-state index in [1.807, 2.05) is 46.6 Å². The number of rotatable bonds is 15. The normalized spacial score (nSPS) is 18.9. The molecule has 1 saturated heterocycles. The van der Waals surface area contributed by atoms with Crippen molar-refractivity contribution in [2.75, 3.05) is 20.3 Å². The fourth-order valence-electron chi connectivity index (χ4n) is 4.89. The predicted octanol–water partition coefficient (Wildman–Crippen LogP) is 3.43. The standard InChI is InChI=1S/C28H46N4O7S/c1-7-11-23(34)39-16-32(21(17(3)4)14-22(33)26-29-19(15-40-26)28(37)38)27(36)24(18(5)8-2)30-25(35)20-12-9-10-13-31(20)6/h15,17-18,20-22,24,33H,7-14,16H2,1-6H3,(H,30,35)(H,37,38)/t18-,20?,21+,22+,24-/m0/s1. The lowest BCUT2D eigenvalue weighted by Gasteiger charge is -2.39. The minimum Gasteiger partial charge on any atom is -0.476 e. The first kappa shape index (κ1) is 33.6. The van der Waals surface area contributed by atoms with Crippen molar-refractivity contribution in [2.45, 2.75) is 104 Å². The number of thiazole rings is 1. The molecule has 1 aliphatic rings. The zero-order chi connectivity index (χ0) is 30.0. The number of nitrogens with zero attached hydrogens (tertiary/aromatic N) is 3. The fourth-order valence-corrected chi connectivity index (χ4v) is 5.68. The first-order valence-electron chi connectivity index (χ1n) is 14.2. The summed E-state index contributed by atoms with van der Waals surface area (Å²) in [5.41, 5.74) is -0.159. The molecule has 1 unspecified atom stereocenters. The van der Waals surface area contributed by atoms with Gasteiger partial charge in [0.2, 0.25) is 11.8 Å². The van der Waals surface area contributed by atoms with Gasteiger partial charge in [0.25, 0.3) is 0 Å². The molecule has 40 heavy (non-hydrogen) atoms. The molecule has 0 aromatic carbocycles. The maximum absolute atomic E-state index is 14.2. The van der Waals surface area contributed by atoms with Gasteiger partial charge < -0.3 is 25.2 Å². The molecule has 0 aliphatic carbocycles.